The standard InChI is InChI=1S/C17H22N2O2/c1-11(2)10-19(12(3)4)16-9-14(17(20)21)13-7-5-6-8-15(13)18-16/h5-9,11-12H,10H2,1-4H3,(H,20,21). The molecule has 0 spiro atoms. The van der Waals surface area contributed by atoms with Gasteiger partial charge >= 0.3 is 5.97 Å². The largest absolute Gasteiger partial charge is 0.478 e. The zero-order chi connectivity index (χ0) is 15.6. The fraction of sp³-hybridized carbons (Fsp3) is 0.412. The van der Waals surface area contributed by atoms with Gasteiger partial charge in [0.15, 0.2) is 0 Å². The van der Waals surface area contributed by atoms with E-state index in [0.29, 0.717) is 16.9 Å². The molecule has 0 saturated heterocycles. The van der Waals surface area contributed by atoms with Crippen molar-refractivity contribution in [3.63, 3.8) is 0 Å². The second kappa shape index (κ2) is 6.12. The van der Waals surface area contributed by atoms with Gasteiger partial charge in [0.25, 0.3) is 0 Å². The highest BCUT2D eigenvalue weighted by molar-refractivity contribution is 6.03. The SMILES string of the molecule is CC(C)CN(c1cc(C(=O)O)c2ccccc2n1)C(C)C. The first kappa shape index (κ1) is 15.3. The Morgan fingerprint density at radius 2 is 1.90 bits per heavy atom. The van der Waals surface area contributed by atoms with Crippen LogP contribution in [0.2, 0.25) is 0 Å². The number of carboxylic acid groups (broad SMARTS) is 1. The van der Waals surface area contributed by atoms with E-state index < -0.39 is 5.97 Å². The summed E-state index contributed by atoms with van der Waals surface area (Å²) in [6.45, 7) is 9.34. The monoisotopic (exact) mass is 286 g/mol. The van der Waals surface area contributed by atoms with Crippen LogP contribution in [0.15, 0.2) is 30.3 Å². The first-order valence-corrected chi connectivity index (χ1v) is 7.30. The molecule has 21 heavy (non-hydrogen) atoms. The molecule has 0 saturated carbocycles. The van der Waals surface area contributed by atoms with Crippen LogP contribution < -0.4 is 4.90 Å². The number of fused-ring (bicyclic) bond motifs is 1. The molecule has 0 aliphatic carbocycles. The van der Waals surface area contributed by atoms with Crippen molar-refractivity contribution in [2.45, 2.75) is 33.7 Å². The van der Waals surface area contributed by atoms with Crippen LogP contribution in [0.4, 0.5) is 5.82 Å². The number of carboxylic acids is 1. The van der Waals surface area contributed by atoms with Gasteiger partial charge in [-0.1, -0.05) is 32.0 Å². The normalized spacial score (nSPS) is 11.3. The maximum Gasteiger partial charge on any atom is 0.336 e. The fourth-order valence-electron chi connectivity index (χ4n) is 2.45. The summed E-state index contributed by atoms with van der Waals surface area (Å²) in [6.07, 6.45) is 0. The van der Waals surface area contributed by atoms with Crippen molar-refractivity contribution in [3.8, 4) is 0 Å². The second-order valence-corrected chi connectivity index (χ2v) is 5.99. The smallest absolute Gasteiger partial charge is 0.336 e. The van der Waals surface area contributed by atoms with E-state index in [1.807, 2.05) is 18.2 Å². The minimum atomic E-state index is -0.914. The maximum absolute atomic E-state index is 11.5. The van der Waals surface area contributed by atoms with Crippen LogP contribution in [0, 0.1) is 5.92 Å². The van der Waals surface area contributed by atoms with Gasteiger partial charge in [-0.15, -0.1) is 0 Å². The Hall–Kier alpha value is -2.10. The lowest BCUT2D eigenvalue weighted by Crippen LogP contribution is -2.35. The summed E-state index contributed by atoms with van der Waals surface area (Å²) in [6, 6.07) is 9.34. The van der Waals surface area contributed by atoms with Crippen molar-refractivity contribution in [1.82, 2.24) is 4.98 Å². The second-order valence-electron chi connectivity index (χ2n) is 5.99. The van der Waals surface area contributed by atoms with Gasteiger partial charge in [-0.05, 0) is 31.9 Å². The van der Waals surface area contributed by atoms with E-state index in [2.05, 4.69) is 37.6 Å². The lowest BCUT2D eigenvalue weighted by molar-refractivity contribution is 0.0699. The molecule has 0 amide bonds. The Morgan fingerprint density at radius 1 is 1.24 bits per heavy atom. The molecule has 0 bridgehead atoms. The molecule has 1 aromatic heterocycles. The van der Waals surface area contributed by atoms with Crippen LogP contribution >= 0.6 is 0 Å². The third-order valence-electron chi connectivity index (χ3n) is 3.41. The molecular formula is C17H22N2O2. The Balaban J connectivity index is 2.60. The number of anilines is 1. The topological polar surface area (TPSA) is 53.4 Å². The van der Waals surface area contributed by atoms with E-state index >= 15 is 0 Å². The number of hydrogen-bond acceptors (Lipinski definition) is 3. The molecule has 4 heteroatoms. The Bertz CT molecular complexity index is 650. The predicted molar refractivity (Wildman–Crippen MR) is 86.0 cm³/mol. The molecule has 0 radical (unpaired) electrons. The van der Waals surface area contributed by atoms with Crippen LogP contribution in [-0.2, 0) is 0 Å². The van der Waals surface area contributed by atoms with E-state index in [9.17, 15) is 9.90 Å². The Morgan fingerprint density at radius 3 is 2.48 bits per heavy atom. The molecule has 0 atom stereocenters. The van der Waals surface area contributed by atoms with Gasteiger partial charge in [-0.25, -0.2) is 9.78 Å². The summed E-state index contributed by atoms with van der Waals surface area (Å²) < 4.78 is 0. The number of rotatable bonds is 5. The summed E-state index contributed by atoms with van der Waals surface area (Å²) in [7, 11) is 0. The molecule has 0 aliphatic rings. The minimum absolute atomic E-state index is 0.266. The number of aromatic nitrogens is 1. The molecule has 1 heterocycles. The van der Waals surface area contributed by atoms with Crippen LogP contribution in [0.5, 0.6) is 0 Å². The molecule has 2 aromatic rings. The highest BCUT2D eigenvalue weighted by atomic mass is 16.4. The summed E-state index contributed by atoms with van der Waals surface area (Å²) in [5.74, 6) is 0.298. The number of pyridine rings is 1. The van der Waals surface area contributed by atoms with Crippen molar-refractivity contribution >= 4 is 22.7 Å². The van der Waals surface area contributed by atoms with Gasteiger partial charge in [0.05, 0.1) is 11.1 Å². The quantitative estimate of drug-likeness (QED) is 0.908. The highest BCUT2D eigenvalue weighted by Gasteiger charge is 2.18. The third kappa shape index (κ3) is 3.32. The molecule has 1 N–H and O–H groups in total. The minimum Gasteiger partial charge on any atom is -0.478 e. The van der Waals surface area contributed by atoms with Gasteiger partial charge in [-0.3, -0.25) is 0 Å². The van der Waals surface area contributed by atoms with E-state index in [1.54, 1.807) is 12.1 Å². The lowest BCUT2D eigenvalue weighted by atomic mass is 10.1. The van der Waals surface area contributed by atoms with E-state index in [-0.39, 0.29) is 6.04 Å². The van der Waals surface area contributed by atoms with Crippen LogP contribution in [0.25, 0.3) is 10.9 Å². The van der Waals surface area contributed by atoms with Crippen molar-refractivity contribution in [1.29, 1.82) is 0 Å². The first-order chi connectivity index (χ1) is 9.90. The van der Waals surface area contributed by atoms with Gasteiger partial charge < -0.3 is 10.0 Å². The molecule has 0 fully saturated rings. The average Bonchev–Trinajstić information content (AvgIpc) is 2.42. The molecule has 0 unspecified atom stereocenters. The van der Waals surface area contributed by atoms with Crippen LogP contribution in [0.1, 0.15) is 38.1 Å². The van der Waals surface area contributed by atoms with Crippen molar-refractivity contribution in [3.05, 3.63) is 35.9 Å². The number of aromatic carboxylic acids is 1. The zero-order valence-electron chi connectivity index (χ0n) is 13.0. The van der Waals surface area contributed by atoms with Crippen molar-refractivity contribution < 1.29 is 9.90 Å². The predicted octanol–water partition coefficient (Wildman–Crippen LogP) is 3.80. The van der Waals surface area contributed by atoms with E-state index in [1.165, 1.54) is 0 Å². The van der Waals surface area contributed by atoms with E-state index in [4.69, 9.17) is 0 Å². The number of para-hydroxylation sites is 1. The van der Waals surface area contributed by atoms with Crippen molar-refractivity contribution in [2.75, 3.05) is 11.4 Å². The Kier molecular flexibility index (Phi) is 4.46. The molecule has 2 rings (SSSR count). The van der Waals surface area contributed by atoms with E-state index in [0.717, 1.165) is 17.9 Å². The van der Waals surface area contributed by atoms with Gasteiger partial charge in [0.2, 0.25) is 0 Å². The van der Waals surface area contributed by atoms with Crippen LogP contribution in [0.3, 0.4) is 0 Å². The summed E-state index contributed by atoms with van der Waals surface area (Å²) >= 11 is 0. The summed E-state index contributed by atoms with van der Waals surface area (Å²) in [5.41, 5.74) is 1.03. The highest BCUT2D eigenvalue weighted by Crippen LogP contribution is 2.25. The van der Waals surface area contributed by atoms with Gasteiger partial charge in [0.1, 0.15) is 5.82 Å². The summed E-state index contributed by atoms with van der Waals surface area (Å²) in [5, 5.41) is 10.1. The third-order valence-corrected chi connectivity index (χ3v) is 3.41. The summed E-state index contributed by atoms with van der Waals surface area (Å²) in [4.78, 5) is 18.3. The molecular weight excluding hydrogens is 264 g/mol. The number of hydrogen-bond donors (Lipinski definition) is 1. The van der Waals surface area contributed by atoms with Crippen molar-refractivity contribution in [2.24, 2.45) is 5.92 Å². The molecule has 0 aliphatic heterocycles. The zero-order valence-corrected chi connectivity index (χ0v) is 13.0. The fourth-order valence-corrected chi connectivity index (χ4v) is 2.45. The van der Waals surface area contributed by atoms with Crippen LogP contribution in [-0.4, -0.2) is 28.6 Å². The Labute approximate surface area is 125 Å². The van der Waals surface area contributed by atoms with Gasteiger partial charge in [-0.2, -0.15) is 0 Å². The first-order valence-electron chi connectivity index (χ1n) is 7.30. The number of benzene rings is 1. The number of carbonyl (C=O) groups is 1. The maximum atomic E-state index is 11.5. The lowest BCUT2D eigenvalue weighted by Gasteiger charge is -2.30. The molecule has 4 nitrogen and oxygen atoms in total. The molecule has 112 valence electrons. The van der Waals surface area contributed by atoms with Gasteiger partial charge in [0, 0.05) is 18.0 Å². The number of nitrogens with zero attached hydrogens (tertiary/aromatic N) is 2. The average molecular weight is 286 g/mol. The molecule has 1 aromatic carbocycles.